The monoisotopic (exact) mass is 397 g/mol. The summed E-state index contributed by atoms with van der Waals surface area (Å²) >= 11 is 1.85. The standard InChI is InChI=1S/C23H31N3OS/c27-22(26-14-11-17-5-1-2-6-19(17)15-26)16-25-12-9-18(10-13-25)23-24-20-7-3-4-8-21(20)28-23/h3-4,7-8,17-19H,1-2,5-6,9-16H2/t17-,19+/m0/s1. The predicted octanol–water partition coefficient (Wildman–Crippen LogP) is 4.51. The molecule has 0 unspecified atom stereocenters. The van der Waals surface area contributed by atoms with Gasteiger partial charge in [0, 0.05) is 19.0 Å². The number of carbonyl (C=O) groups is 1. The summed E-state index contributed by atoms with van der Waals surface area (Å²) in [5.41, 5.74) is 1.13. The first-order chi connectivity index (χ1) is 13.8. The van der Waals surface area contributed by atoms with Crippen LogP contribution in [0.4, 0.5) is 0 Å². The first-order valence-electron chi connectivity index (χ1n) is 11.1. The minimum absolute atomic E-state index is 0.363. The Morgan fingerprint density at radius 2 is 1.79 bits per heavy atom. The quantitative estimate of drug-likeness (QED) is 0.764. The molecule has 1 aliphatic carbocycles. The SMILES string of the molecule is O=C(CN1CCC(c2nc3ccccc3s2)CC1)N1CC[C@@H]2CCCC[C@@H]2C1. The number of hydrogen-bond acceptors (Lipinski definition) is 4. The van der Waals surface area contributed by atoms with Gasteiger partial charge in [-0.15, -0.1) is 11.3 Å². The summed E-state index contributed by atoms with van der Waals surface area (Å²) in [4.78, 5) is 22.3. The van der Waals surface area contributed by atoms with E-state index in [1.54, 1.807) is 0 Å². The Balaban J connectivity index is 1.13. The van der Waals surface area contributed by atoms with Crippen LogP contribution < -0.4 is 0 Å². The number of hydrogen-bond donors (Lipinski definition) is 0. The first-order valence-corrected chi connectivity index (χ1v) is 11.9. The van der Waals surface area contributed by atoms with Gasteiger partial charge >= 0.3 is 0 Å². The molecule has 0 bridgehead atoms. The van der Waals surface area contributed by atoms with Crippen LogP contribution in [-0.4, -0.2) is 53.4 Å². The summed E-state index contributed by atoms with van der Waals surface area (Å²) in [6.07, 6.45) is 8.97. The molecule has 0 spiro atoms. The molecular weight excluding hydrogens is 366 g/mol. The van der Waals surface area contributed by atoms with Crippen LogP contribution in [0.1, 0.15) is 55.9 Å². The lowest BCUT2D eigenvalue weighted by atomic mass is 9.75. The Bertz CT molecular complexity index is 793. The molecule has 2 saturated heterocycles. The number of aromatic nitrogens is 1. The first kappa shape index (κ1) is 18.6. The lowest BCUT2D eigenvalue weighted by molar-refractivity contribution is -0.135. The molecule has 28 heavy (non-hydrogen) atoms. The third-order valence-corrected chi connectivity index (χ3v) is 8.45. The van der Waals surface area contributed by atoms with Crippen molar-refractivity contribution in [1.82, 2.24) is 14.8 Å². The van der Waals surface area contributed by atoms with Gasteiger partial charge in [0.15, 0.2) is 0 Å². The topological polar surface area (TPSA) is 36.4 Å². The summed E-state index contributed by atoms with van der Waals surface area (Å²) in [5, 5.41) is 1.28. The number of rotatable bonds is 3. The fourth-order valence-electron chi connectivity index (χ4n) is 5.52. The van der Waals surface area contributed by atoms with Crippen molar-refractivity contribution < 1.29 is 4.79 Å². The summed E-state index contributed by atoms with van der Waals surface area (Å²) < 4.78 is 1.29. The molecule has 0 N–H and O–H groups in total. The van der Waals surface area contributed by atoms with Crippen molar-refractivity contribution in [3.05, 3.63) is 29.3 Å². The van der Waals surface area contributed by atoms with Crippen molar-refractivity contribution in [2.75, 3.05) is 32.7 Å². The highest BCUT2D eigenvalue weighted by Gasteiger charge is 2.33. The van der Waals surface area contributed by atoms with Gasteiger partial charge in [-0.25, -0.2) is 4.98 Å². The Hall–Kier alpha value is -1.46. The van der Waals surface area contributed by atoms with Gasteiger partial charge in [-0.2, -0.15) is 0 Å². The van der Waals surface area contributed by atoms with Gasteiger partial charge in [0.2, 0.25) is 5.91 Å². The number of fused-ring (bicyclic) bond motifs is 2. The lowest BCUT2D eigenvalue weighted by Gasteiger charge is -2.42. The zero-order valence-corrected chi connectivity index (χ0v) is 17.5. The third kappa shape index (κ3) is 3.84. The van der Waals surface area contributed by atoms with E-state index < -0.39 is 0 Å². The average Bonchev–Trinajstić information content (AvgIpc) is 3.18. The normalized spacial score (nSPS) is 27.1. The molecular formula is C23H31N3OS. The average molecular weight is 398 g/mol. The number of carbonyl (C=O) groups excluding carboxylic acids is 1. The fraction of sp³-hybridized carbons (Fsp3) is 0.652. The van der Waals surface area contributed by atoms with E-state index in [1.807, 2.05) is 11.3 Å². The molecule has 5 heteroatoms. The van der Waals surface area contributed by atoms with Crippen LogP contribution in [0.25, 0.3) is 10.2 Å². The van der Waals surface area contributed by atoms with E-state index in [0.717, 1.165) is 56.4 Å². The highest BCUT2D eigenvalue weighted by Crippen LogP contribution is 2.36. The van der Waals surface area contributed by atoms with E-state index in [9.17, 15) is 4.79 Å². The molecule has 1 amide bonds. The van der Waals surface area contributed by atoms with E-state index in [2.05, 4.69) is 34.1 Å². The third-order valence-electron chi connectivity index (χ3n) is 7.25. The predicted molar refractivity (Wildman–Crippen MR) is 115 cm³/mol. The molecule has 1 aromatic carbocycles. The highest BCUT2D eigenvalue weighted by molar-refractivity contribution is 7.18. The van der Waals surface area contributed by atoms with Crippen LogP contribution >= 0.6 is 11.3 Å². The Morgan fingerprint density at radius 3 is 2.61 bits per heavy atom. The van der Waals surface area contributed by atoms with E-state index in [1.165, 1.54) is 41.8 Å². The maximum absolute atomic E-state index is 12.9. The van der Waals surface area contributed by atoms with E-state index in [4.69, 9.17) is 4.98 Å². The van der Waals surface area contributed by atoms with Crippen molar-refractivity contribution in [2.45, 2.75) is 50.9 Å². The fourth-order valence-corrected chi connectivity index (χ4v) is 6.66. The summed E-state index contributed by atoms with van der Waals surface area (Å²) in [5.74, 6) is 2.59. The number of thiazole rings is 1. The number of nitrogens with zero attached hydrogens (tertiary/aromatic N) is 3. The van der Waals surface area contributed by atoms with Crippen molar-refractivity contribution in [3.8, 4) is 0 Å². The van der Waals surface area contributed by atoms with Gasteiger partial charge in [-0.3, -0.25) is 9.69 Å². The minimum Gasteiger partial charge on any atom is -0.341 e. The zero-order chi connectivity index (χ0) is 18.9. The van der Waals surface area contributed by atoms with Crippen LogP contribution in [-0.2, 0) is 4.79 Å². The van der Waals surface area contributed by atoms with Gasteiger partial charge in [-0.1, -0.05) is 31.4 Å². The summed E-state index contributed by atoms with van der Waals surface area (Å²) in [7, 11) is 0. The molecule has 3 heterocycles. The van der Waals surface area contributed by atoms with Gasteiger partial charge in [0.05, 0.1) is 21.8 Å². The summed E-state index contributed by atoms with van der Waals surface area (Å²) in [6, 6.07) is 8.43. The molecule has 2 atom stereocenters. The lowest BCUT2D eigenvalue weighted by Crippen LogP contribution is -2.49. The van der Waals surface area contributed by atoms with Crippen LogP contribution in [0, 0.1) is 11.8 Å². The van der Waals surface area contributed by atoms with Crippen molar-refractivity contribution >= 4 is 27.5 Å². The van der Waals surface area contributed by atoms with E-state index in [0.29, 0.717) is 18.4 Å². The Morgan fingerprint density at radius 1 is 1.00 bits per heavy atom. The molecule has 5 rings (SSSR count). The van der Waals surface area contributed by atoms with Crippen LogP contribution in [0.15, 0.2) is 24.3 Å². The molecule has 2 aliphatic heterocycles. The number of piperidine rings is 2. The smallest absolute Gasteiger partial charge is 0.236 e. The van der Waals surface area contributed by atoms with Crippen molar-refractivity contribution in [2.24, 2.45) is 11.8 Å². The molecule has 3 aliphatic rings. The van der Waals surface area contributed by atoms with E-state index >= 15 is 0 Å². The second-order valence-corrected chi connectivity index (χ2v) is 10.1. The van der Waals surface area contributed by atoms with Gasteiger partial charge in [-0.05, 0) is 62.7 Å². The highest BCUT2D eigenvalue weighted by atomic mass is 32.1. The molecule has 1 aromatic heterocycles. The van der Waals surface area contributed by atoms with Crippen LogP contribution in [0.3, 0.4) is 0 Å². The number of likely N-dealkylation sites (tertiary alicyclic amines) is 2. The zero-order valence-electron chi connectivity index (χ0n) is 16.7. The van der Waals surface area contributed by atoms with Crippen LogP contribution in [0.5, 0.6) is 0 Å². The second kappa shape index (κ2) is 8.11. The molecule has 4 nitrogen and oxygen atoms in total. The van der Waals surface area contributed by atoms with E-state index in [-0.39, 0.29) is 0 Å². The maximum atomic E-state index is 12.9. The molecule has 0 radical (unpaired) electrons. The Labute approximate surface area is 171 Å². The van der Waals surface area contributed by atoms with Crippen LogP contribution in [0.2, 0.25) is 0 Å². The minimum atomic E-state index is 0.363. The number of benzene rings is 1. The number of para-hydroxylation sites is 1. The van der Waals surface area contributed by atoms with Crippen molar-refractivity contribution in [3.63, 3.8) is 0 Å². The van der Waals surface area contributed by atoms with Gasteiger partial charge in [0.1, 0.15) is 0 Å². The van der Waals surface area contributed by atoms with Gasteiger partial charge < -0.3 is 4.90 Å². The van der Waals surface area contributed by atoms with Gasteiger partial charge in [0.25, 0.3) is 0 Å². The molecule has 1 saturated carbocycles. The largest absolute Gasteiger partial charge is 0.341 e. The molecule has 2 aromatic rings. The Kier molecular flexibility index (Phi) is 5.38. The number of amides is 1. The van der Waals surface area contributed by atoms with Crippen molar-refractivity contribution in [1.29, 1.82) is 0 Å². The summed E-state index contributed by atoms with van der Waals surface area (Å²) in [6.45, 7) is 4.66. The molecule has 150 valence electrons. The second-order valence-electron chi connectivity index (χ2n) is 9.00. The molecule has 3 fully saturated rings. The maximum Gasteiger partial charge on any atom is 0.236 e.